The molecular weight excluding hydrogens is 310 g/mol. The maximum atomic E-state index is 6.01. The summed E-state index contributed by atoms with van der Waals surface area (Å²) in [7, 11) is 0. The molecule has 25 heavy (non-hydrogen) atoms. The number of nitrogens with zero attached hydrogens (tertiary/aromatic N) is 4. The molecule has 1 aromatic heterocycles. The first-order valence-electron chi connectivity index (χ1n) is 10.4. The minimum absolute atomic E-state index is 0.378. The number of anilines is 1. The van der Waals surface area contributed by atoms with E-state index in [0.29, 0.717) is 17.9 Å². The lowest BCUT2D eigenvalue weighted by Gasteiger charge is -2.39. The number of piperazine rings is 1. The van der Waals surface area contributed by atoms with E-state index in [1.54, 1.807) is 0 Å². The Labute approximate surface area is 151 Å². The molecule has 3 saturated carbocycles. The number of nitrogens with two attached hydrogens (primary N) is 1. The Morgan fingerprint density at radius 3 is 2.24 bits per heavy atom. The van der Waals surface area contributed by atoms with Gasteiger partial charge in [0, 0.05) is 61.9 Å². The fourth-order valence-electron chi connectivity index (χ4n) is 4.86. The summed E-state index contributed by atoms with van der Waals surface area (Å²) < 4.78 is 0. The summed E-state index contributed by atoms with van der Waals surface area (Å²) in [6.45, 7) is 4.61. The van der Waals surface area contributed by atoms with E-state index in [2.05, 4.69) is 15.9 Å². The summed E-state index contributed by atoms with van der Waals surface area (Å²) in [5.74, 6) is 3.46. The van der Waals surface area contributed by atoms with Gasteiger partial charge in [0.25, 0.3) is 0 Å². The molecule has 2 heterocycles. The quantitative estimate of drug-likeness (QED) is 0.912. The molecule has 1 saturated heterocycles. The number of rotatable bonds is 4. The molecule has 0 atom stereocenters. The van der Waals surface area contributed by atoms with Crippen LogP contribution in [0.4, 0.5) is 5.82 Å². The summed E-state index contributed by atoms with van der Waals surface area (Å²) in [6, 6.07) is 3.50. The maximum absolute atomic E-state index is 6.01. The predicted molar refractivity (Wildman–Crippen MR) is 100.0 cm³/mol. The smallest absolute Gasteiger partial charge is 0.134 e. The van der Waals surface area contributed by atoms with Crippen molar-refractivity contribution in [3.63, 3.8) is 0 Å². The van der Waals surface area contributed by atoms with Gasteiger partial charge in [-0.25, -0.2) is 9.97 Å². The van der Waals surface area contributed by atoms with Crippen molar-refractivity contribution in [2.75, 3.05) is 31.1 Å². The lowest BCUT2D eigenvalue weighted by atomic mass is 9.78. The second kappa shape index (κ2) is 6.51. The summed E-state index contributed by atoms with van der Waals surface area (Å²) in [4.78, 5) is 15.1. The van der Waals surface area contributed by atoms with Gasteiger partial charge in [0.05, 0.1) is 0 Å². The van der Waals surface area contributed by atoms with E-state index in [0.717, 1.165) is 37.8 Å². The van der Waals surface area contributed by atoms with Crippen LogP contribution in [-0.4, -0.2) is 53.1 Å². The molecule has 5 nitrogen and oxygen atoms in total. The van der Waals surface area contributed by atoms with E-state index in [9.17, 15) is 0 Å². The predicted octanol–water partition coefficient (Wildman–Crippen LogP) is 2.62. The Balaban J connectivity index is 1.31. The highest BCUT2D eigenvalue weighted by atomic mass is 15.3. The molecule has 0 unspecified atom stereocenters. The SMILES string of the molecule is NC1CC(c2cc(N3CCN(C4CCCC4)CC3)nc(C3CC3)n2)C1. The zero-order chi connectivity index (χ0) is 16.8. The lowest BCUT2D eigenvalue weighted by molar-refractivity contribution is 0.187. The van der Waals surface area contributed by atoms with Gasteiger partial charge in [-0.1, -0.05) is 12.8 Å². The summed E-state index contributed by atoms with van der Waals surface area (Å²) in [5.41, 5.74) is 7.27. The van der Waals surface area contributed by atoms with Gasteiger partial charge in [0.15, 0.2) is 0 Å². The van der Waals surface area contributed by atoms with Crippen molar-refractivity contribution in [3.8, 4) is 0 Å². The molecule has 3 aliphatic carbocycles. The normalized spacial score (nSPS) is 31.3. The Morgan fingerprint density at radius 1 is 0.880 bits per heavy atom. The topological polar surface area (TPSA) is 58.3 Å². The Kier molecular flexibility index (Phi) is 4.17. The molecule has 2 N–H and O–H groups in total. The largest absolute Gasteiger partial charge is 0.354 e. The van der Waals surface area contributed by atoms with Crippen LogP contribution >= 0.6 is 0 Å². The van der Waals surface area contributed by atoms with Crippen LogP contribution in [0.15, 0.2) is 6.07 Å². The van der Waals surface area contributed by atoms with Crippen LogP contribution in [0.5, 0.6) is 0 Å². The standard InChI is InChI=1S/C20H31N5/c21-16-11-15(12-16)18-13-19(23-20(22-18)14-5-6-14)25-9-7-24(8-10-25)17-3-1-2-4-17/h13-17H,1-12,21H2. The van der Waals surface area contributed by atoms with Crippen LogP contribution in [0.3, 0.4) is 0 Å². The number of hydrogen-bond donors (Lipinski definition) is 1. The van der Waals surface area contributed by atoms with Gasteiger partial charge in [-0.2, -0.15) is 0 Å². The first-order valence-corrected chi connectivity index (χ1v) is 10.4. The average molecular weight is 342 g/mol. The third-order valence-corrected chi connectivity index (χ3v) is 6.76. The molecule has 0 amide bonds. The van der Waals surface area contributed by atoms with Gasteiger partial charge in [-0.05, 0) is 38.5 Å². The zero-order valence-electron chi connectivity index (χ0n) is 15.2. The first-order chi connectivity index (χ1) is 12.3. The van der Waals surface area contributed by atoms with Crippen molar-refractivity contribution in [2.45, 2.75) is 75.3 Å². The second-order valence-electron chi connectivity index (χ2n) is 8.67. The van der Waals surface area contributed by atoms with Crippen LogP contribution in [0.25, 0.3) is 0 Å². The van der Waals surface area contributed by atoms with Gasteiger partial charge in [0.1, 0.15) is 11.6 Å². The highest BCUT2D eigenvalue weighted by Crippen LogP contribution is 2.41. The third kappa shape index (κ3) is 3.28. The zero-order valence-corrected chi connectivity index (χ0v) is 15.2. The average Bonchev–Trinajstić information content (AvgIpc) is 3.33. The monoisotopic (exact) mass is 341 g/mol. The van der Waals surface area contributed by atoms with Crippen molar-refractivity contribution in [2.24, 2.45) is 5.73 Å². The van der Waals surface area contributed by atoms with Crippen molar-refractivity contribution in [3.05, 3.63) is 17.6 Å². The fourth-order valence-corrected chi connectivity index (χ4v) is 4.86. The number of hydrogen-bond acceptors (Lipinski definition) is 5. The first kappa shape index (κ1) is 16.0. The maximum Gasteiger partial charge on any atom is 0.134 e. The second-order valence-corrected chi connectivity index (χ2v) is 8.67. The molecule has 1 aliphatic heterocycles. The molecular formula is C20H31N5. The molecule has 0 aromatic carbocycles. The highest BCUT2D eigenvalue weighted by molar-refractivity contribution is 5.42. The molecule has 5 rings (SSSR count). The van der Waals surface area contributed by atoms with Crippen molar-refractivity contribution >= 4 is 5.82 Å². The van der Waals surface area contributed by atoms with Crippen LogP contribution < -0.4 is 10.6 Å². The van der Waals surface area contributed by atoms with Gasteiger partial charge in [-0.3, -0.25) is 4.90 Å². The minimum atomic E-state index is 0.378. The minimum Gasteiger partial charge on any atom is -0.354 e. The van der Waals surface area contributed by atoms with Crippen LogP contribution in [0.2, 0.25) is 0 Å². The van der Waals surface area contributed by atoms with E-state index < -0.39 is 0 Å². The van der Waals surface area contributed by atoms with Gasteiger partial charge in [-0.15, -0.1) is 0 Å². The molecule has 4 aliphatic rings. The van der Waals surface area contributed by atoms with Gasteiger partial charge < -0.3 is 10.6 Å². The van der Waals surface area contributed by atoms with Crippen molar-refractivity contribution < 1.29 is 0 Å². The highest BCUT2D eigenvalue weighted by Gasteiger charge is 2.33. The molecule has 1 aromatic rings. The van der Waals surface area contributed by atoms with Gasteiger partial charge >= 0.3 is 0 Å². The molecule has 136 valence electrons. The Morgan fingerprint density at radius 2 is 1.60 bits per heavy atom. The summed E-state index contributed by atoms with van der Waals surface area (Å²) in [5, 5.41) is 0. The molecule has 4 fully saturated rings. The van der Waals surface area contributed by atoms with E-state index in [1.165, 1.54) is 63.1 Å². The molecule has 0 bridgehead atoms. The summed E-state index contributed by atoms with van der Waals surface area (Å²) >= 11 is 0. The third-order valence-electron chi connectivity index (χ3n) is 6.76. The summed E-state index contributed by atoms with van der Waals surface area (Å²) in [6.07, 6.45) is 10.4. The molecule has 5 heteroatoms. The van der Waals surface area contributed by atoms with Crippen LogP contribution in [-0.2, 0) is 0 Å². The van der Waals surface area contributed by atoms with Crippen LogP contribution in [0.1, 0.15) is 74.7 Å². The van der Waals surface area contributed by atoms with Gasteiger partial charge in [0.2, 0.25) is 0 Å². The molecule has 0 spiro atoms. The van der Waals surface area contributed by atoms with E-state index in [4.69, 9.17) is 15.7 Å². The van der Waals surface area contributed by atoms with E-state index >= 15 is 0 Å². The molecule has 0 radical (unpaired) electrons. The fraction of sp³-hybridized carbons (Fsp3) is 0.800. The Hall–Kier alpha value is -1.20. The van der Waals surface area contributed by atoms with Crippen molar-refractivity contribution in [1.29, 1.82) is 0 Å². The van der Waals surface area contributed by atoms with E-state index in [1.807, 2.05) is 0 Å². The number of aromatic nitrogens is 2. The van der Waals surface area contributed by atoms with Crippen molar-refractivity contribution in [1.82, 2.24) is 14.9 Å². The van der Waals surface area contributed by atoms with Crippen LogP contribution in [0, 0.1) is 0 Å². The van der Waals surface area contributed by atoms with E-state index in [-0.39, 0.29) is 0 Å². The Bertz CT molecular complexity index is 609. The lowest BCUT2D eigenvalue weighted by Crippen LogP contribution is -2.50.